The van der Waals surface area contributed by atoms with E-state index in [1.807, 2.05) is 30.3 Å². The van der Waals surface area contributed by atoms with Crippen molar-refractivity contribution in [3.05, 3.63) is 47.7 Å². The lowest BCUT2D eigenvalue weighted by Gasteiger charge is -2.12. The molecule has 0 saturated heterocycles. The van der Waals surface area contributed by atoms with Gasteiger partial charge >= 0.3 is 0 Å². The van der Waals surface area contributed by atoms with E-state index in [2.05, 4.69) is 14.2 Å². The molecule has 0 aromatic heterocycles. The molecule has 2 rings (SSSR count). The number of rotatable bonds is 2. The van der Waals surface area contributed by atoms with Crippen molar-refractivity contribution in [1.29, 1.82) is 0 Å². The molecule has 0 fully saturated rings. The Balaban J connectivity index is 2.21. The number of allylic oxidation sites excluding steroid dienone is 1. The first kappa shape index (κ1) is 12.0. The summed E-state index contributed by atoms with van der Waals surface area (Å²) in [5.41, 5.74) is 7.33. The summed E-state index contributed by atoms with van der Waals surface area (Å²) in [5, 5.41) is 10.7. The number of nitrogens with zero attached hydrogens (tertiary/aromatic N) is 1. The van der Waals surface area contributed by atoms with Crippen LogP contribution in [0.5, 0.6) is 0 Å². The molecule has 4 heteroatoms. The summed E-state index contributed by atoms with van der Waals surface area (Å²) in [5.74, 6) is 0.247. The van der Waals surface area contributed by atoms with Crippen LogP contribution in [0.3, 0.4) is 0 Å². The number of hydrogen-bond acceptors (Lipinski definition) is 3. The maximum atomic E-state index is 9.67. The Morgan fingerprint density at radius 3 is 2.94 bits per heavy atom. The van der Waals surface area contributed by atoms with Gasteiger partial charge in [0.1, 0.15) is 5.76 Å². The van der Waals surface area contributed by atoms with Crippen molar-refractivity contribution in [3.63, 3.8) is 0 Å². The third-order valence-corrected chi connectivity index (χ3v) is 3.04. The standard InChI is InChI=1S/C13H15N2OP/c14-10-5-6-12(16)9(7-10)8-15-11-3-1-2-4-13(11)17/h1-4,6-8,10,16H,5,14,17H2. The van der Waals surface area contributed by atoms with Crippen LogP contribution in [0.2, 0.25) is 0 Å². The Kier molecular flexibility index (Phi) is 3.72. The van der Waals surface area contributed by atoms with Gasteiger partial charge in [-0.05, 0) is 23.9 Å². The maximum Gasteiger partial charge on any atom is 0.120 e. The van der Waals surface area contributed by atoms with Crippen LogP contribution in [-0.4, -0.2) is 17.4 Å². The van der Waals surface area contributed by atoms with Crippen molar-refractivity contribution in [2.24, 2.45) is 10.7 Å². The van der Waals surface area contributed by atoms with E-state index in [-0.39, 0.29) is 11.8 Å². The predicted molar refractivity (Wildman–Crippen MR) is 75.3 cm³/mol. The molecular weight excluding hydrogens is 231 g/mol. The Bertz CT molecular complexity index is 506. The van der Waals surface area contributed by atoms with Gasteiger partial charge in [0.2, 0.25) is 0 Å². The fourth-order valence-electron chi connectivity index (χ4n) is 1.60. The Morgan fingerprint density at radius 2 is 2.18 bits per heavy atom. The summed E-state index contributed by atoms with van der Waals surface area (Å²) in [7, 11) is 2.63. The van der Waals surface area contributed by atoms with Crippen LogP contribution in [0, 0.1) is 0 Å². The molecule has 0 aliphatic heterocycles. The summed E-state index contributed by atoms with van der Waals surface area (Å²) in [4.78, 5) is 4.34. The molecule has 0 bridgehead atoms. The lowest BCUT2D eigenvalue weighted by atomic mass is 10.0. The van der Waals surface area contributed by atoms with Gasteiger partial charge in [-0.1, -0.05) is 24.3 Å². The van der Waals surface area contributed by atoms with E-state index in [1.54, 1.807) is 12.3 Å². The first-order valence-corrected chi connectivity index (χ1v) is 6.00. The van der Waals surface area contributed by atoms with E-state index in [4.69, 9.17) is 5.73 Å². The molecule has 0 radical (unpaired) electrons. The highest BCUT2D eigenvalue weighted by atomic mass is 31.0. The van der Waals surface area contributed by atoms with E-state index < -0.39 is 0 Å². The van der Waals surface area contributed by atoms with Crippen LogP contribution >= 0.6 is 9.24 Å². The number of benzene rings is 1. The van der Waals surface area contributed by atoms with Gasteiger partial charge in [0, 0.05) is 17.8 Å². The predicted octanol–water partition coefficient (Wildman–Crippen LogP) is 1.99. The number of aliphatic hydroxyl groups is 1. The smallest absolute Gasteiger partial charge is 0.120 e. The molecule has 0 spiro atoms. The molecule has 1 aliphatic rings. The SMILES string of the molecule is NC1C=C(C=Nc2ccccc2P)C(O)=CC1. The summed E-state index contributed by atoms with van der Waals surface area (Å²) in [6.45, 7) is 0. The monoisotopic (exact) mass is 246 g/mol. The van der Waals surface area contributed by atoms with Crippen LogP contribution in [0.4, 0.5) is 5.69 Å². The molecule has 0 amide bonds. The van der Waals surface area contributed by atoms with Gasteiger partial charge in [-0.3, -0.25) is 4.99 Å². The Labute approximate surface area is 103 Å². The first-order valence-electron chi connectivity index (χ1n) is 5.42. The second-order valence-corrected chi connectivity index (χ2v) is 4.55. The second kappa shape index (κ2) is 5.26. The summed E-state index contributed by atoms with van der Waals surface area (Å²) < 4.78 is 0. The maximum absolute atomic E-state index is 9.67. The number of para-hydroxylation sites is 1. The molecule has 3 nitrogen and oxygen atoms in total. The van der Waals surface area contributed by atoms with Crippen LogP contribution in [0.1, 0.15) is 6.42 Å². The normalized spacial score (nSPS) is 20.2. The molecule has 0 heterocycles. The lowest BCUT2D eigenvalue weighted by Crippen LogP contribution is -2.20. The van der Waals surface area contributed by atoms with Gasteiger partial charge in [0.15, 0.2) is 0 Å². The molecule has 88 valence electrons. The van der Waals surface area contributed by atoms with Crippen molar-refractivity contribution < 1.29 is 5.11 Å². The highest BCUT2D eigenvalue weighted by molar-refractivity contribution is 7.28. The van der Waals surface area contributed by atoms with Gasteiger partial charge < -0.3 is 10.8 Å². The van der Waals surface area contributed by atoms with Crippen LogP contribution in [0.25, 0.3) is 0 Å². The van der Waals surface area contributed by atoms with Crippen LogP contribution in [-0.2, 0) is 0 Å². The van der Waals surface area contributed by atoms with E-state index >= 15 is 0 Å². The molecule has 2 unspecified atom stereocenters. The molecule has 17 heavy (non-hydrogen) atoms. The quantitative estimate of drug-likeness (QED) is 0.619. The van der Waals surface area contributed by atoms with Crippen molar-refractivity contribution in [2.75, 3.05) is 0 Å². The van der Waals surface area contributed by atoms with Crippen molar-refractivity contribution in [2.45, 2.75) is 12.5 Å². The minimum absolute atomic E-state index is 0.0430. The van der Waals surface area contributed by atoms with Crippen LogP contribution in [0.15, 0.2) is 52.7 Å². The summed E-state index contributed by atoms with van der Waals surface area (Å²) in [6.07, 6.45) is 5.86. The van der Waals surface area contributed by atoms with Gasteiger partial charge in [0.25, 0.3) is 0 Å². The fourth-order valence-corrected chi connectivity index (χ4v) is 1.88. The number of aliphatic imine (C=N–C) groups is 1. The highest BCUT2D eigenvalue weighted by Crippen LogP contribution is 2.16. The van der Waals surface area contributed by atoms with Gasteiger partial charge in [0.05, 0.1) is 5.69 Å². The molecule has 0 saturated carbocycles. The summed E-state index contributed by atoms with van der Waals surface area (Å²) in [6, 6.07) is 7.72. The molecule has 2 atom stereocenters. The molecule has 1 aliphatic carbocycles. The Morgan fingerprint density at radius 1 is 1.41 bits per heavy atom. The van der Waals surface area contributed by atoms with E-state index in [1.165, 1.54) is 0 Å². The van der Waals surface area contributed by atoms with Gasteiger partial charge in [-0.15, -0.1) is 9.24 Å². The zero-order chi connectivity index (χ0) is 12.3. The average molecular weight is 246 g/mol. The zero-order valence-corrected chi connectivity index (χ0v) is 10.5. The van der Waals surface area contributed by atoms with Gasteiger partial charge in [-0.2, -0.15) is 0 Å². The minimum atomic E-state index is -0.0430. The third kappa shape index (κ3) is 3.02. The lowest BCUT2D eigenvalue weighted by molar-refractivity contribution is 0.420. The highest BCUT2D eigenvalue weighted by Gasteiger charge is 2.10. The molecule has 1 aromatic rings. The molecule has 3 N–H and O–H groups in total. The third-order valence-electron chi connectivity index (χ3n) is 2.55. The van der Waals surface area contributed by atoms with E-state index in [0.717, 1.165) is 11.0 Å². The fraction of sp³-hybridized carbons (Fsp3) is 0.154. The largest absolute Gasteiger partial charge is 0.508 e. The van der Waals surface area contributed by atoms with Crippen molar-refractivity contribution in [1.82, 2.24) is 0 Å². The van der Waals surface area contributed by atoms with Crippen molar-refractivity contribution >= 4 is 26.4 Å². The average Bonchev–Trinajstić information content (AvgIpc) is 2.32. The second-order valence-electron chi connectivity index (χ2n) is 3.93. The van der Waals surface area contributed by atoms with Crippen LogP contribution < -0.4 is 11.0 Å². The minimum Gasteiger partial charge on any atom is -0.508 e. The van der Waals surface area contributed by atoms with E-state index in [9.17, 15) is 5.11 Å². The van der Waals surface area contributed by atoms with Crippen molar-refractivity contribution in [3.8, 4) is 0 Å². The van der Waals surface area contributed by atoms with Gasteiger partial charge in [-0.25, -0.2) is 0 Å². The number of nitrogens with two attached hydrogens (primary N) is 1. The summed E-state index contributed by atoms with van der Waals surface area (Å²) >= 11 is 0. The number of hydrogen-bond donors (Lipinski definition) is 2. The Hall–Kier alpha value is -1.44. The zero-order valence-electron chi connectivity index (χ0n) is 9.38. The topological polar surface area (TPSA) is 58.6 Å². The first-order chi connectivity index (χ1) is 8.16. The molecule has 1 aromatic carbocycles. The molecular formula is C13H15N2OP. The number of aliphatic hydroxyl groups excluding tert-OH is 1. The van der Waals surface area contributed by atoms with E-state index in [0.29, 0.717) is 12.0 Å².